The van der Waals surface area contributed by atoms with Crippen molar-refractivity contribution in [3.05, 3.63) is 36.0 Å². The highest BCUT2D eigenvalue weighted by atomic mass is 32.2. The molecule has 3 unspecified atom stereocenters. The van der Waals surface area contributed by atoms with Crippen LogP contribution >= 0.6 is 11.8 Å². The van der Waals surface area contributed by atoms with Crippen LogP contribution < -0.4 is 22.1 Å². The molecule has 1 heterocycles. The van der Waals surface area contributed by atoms with Crippen LogP contribution in [0, 0.1) is 0 Å². The first-order valence-electron chi connectivity index (χ1n) is 9.64. The Morgan fingerprint density at radius 1 is 1.13 bits per heavy atom. The standard InChI is InChI=1S/C20H27N5O5S/c1-31-7-6-15(19(28)25-16(20(29)30)9-17(22)26)24-18(27)13(21)8-11-10-23-14-5-3-2-4-12(11)14/h2-5,10,13,15-16,23H,6-9,21H2,1H3,(H2,22,26)(H,24,27)(H,25,28)(H,29,30). The van der Waals surface area contributed by atoms with Crippen molar-refractivity contribution in [2.45, 2.75) is 37.4 Å². The van der Waals surface area contributed by atoms with Gasteiger partial charge in [0.1, 0.15) is 12.1 Å². The van der Waals surface area contributed by atoms with Gasteiger partial charge in [-0.3, -0.25) is 14.4 Å². The lowest BCUT2D eigenvalue weighted by atomic mass is 10.0. The predicted octanol–water partition coefficient (Wildman–Crippen LogP) is -0.280. The van der Waals surface area contributed by atoms with E-state index in [9.17, 15) is 24.3 Å². The van der Waals surface area contributed by atoms with Gasteiger partial charge in [0.05, 0.1) is 12.5 Å². The van der Waals surface area contributed by atoms with Crippen molar-refractivity contribution >= 4 is 46.4 Å². The van der Waals surface area contributed by atoms with E-state index in [-0.39, 0.29) is 12.8 Å². The highest BCUT2D eigenvalue weighted by Gasteiger charge is 2.28. The smallest absolute Gasteiger partial charge is 0.326 e. The zero-order valence-electron chi connectivity index (χ0n) is 17.1. The molecule has 0 aliphatic rings. The highest BCUT2D eigenvalue weighted by Crippen LogP contribution is 2.18. The summed E-state index contributed by atoms with van der Waals surface area (Å²) in [5.41, 5.74) is 12.9. The Balaban J connectivity index is 2.05. The second-order valence-corrected chi connectivity index (χ2v) is 8.07. The number of H-pyrrole nitrogens is 1. The second-order valence-electron chi connectivity index (χ2n) is 7.08. The molecule has 0 aliphatic heterocycles. The van der Waals surface area contributed by atoms with Gasteiger partial charge < -0.3 is 32.2 Å². The first-order valence-corrected chi connectivity index (χ1v) is 11.0. The third kappa shape index (κ3) is 7.00. The van der Waals surface area contributed by atoms with Crippen molar-refractivity contribution in [2.24, 2.45) is 11.5 Å². The summed E-state index contributed by atoms with van der Waals surface area (Å²) < 4.78 is 0. The van der Waals surface area contributed by atoms with Crippen LogP contribution in [0.25, 0.3) is 10.9 Å². The van der Waals surface area contributed by atoms with E-state index in [0.29, 0.717) is 5.75 Å². The number of benzene rings is 1. The number of carbonyl (C=O) groups excluding carboxylic acids is 3. The van der Waals surface area contributed by atoms with E-state index >= 15 is 0 Å². The molecule has 0 aliphatic carbocycles. The minimum absolute atomic E-state index is 0.256. The van der Waals surface area contributed by atoms with Crippen molar-refractivity contribution in [3.8, 4) is 0 Å². The van der Waals surface area contributed by atoms with Crippen LogP contribution in [-0.4, -0.2) is 63.9 Å². The Kier molecular flexibility index (Phi) is 8.88. The molecule has 0 fully saturated rings. The van der Waals surface area contributed by atoms with Crippen LogP contribution in [0.3, 0.4) is 0 Å². The molecule has 2 aromatic rings. The number of amides is 3. The number of thioether (sulfide) groups is 1. The third-order valence-electron chi connectivity index (χ3n) is 4.72. The van der Waals surface area contributed by atoms with Gasteiger partial charge in [-0.05, 0) is 36.5 Å². The molecule has 0 saturated heterocycles. The molecule has 0 spiro atoms. The quantitative estimate of drug-likeness (QED) is 0.258. The lowest BCUT2D eigenvalue weighted by Crippen LogP contribution is -2.55. The number of carboxylic acids is 1. The maximum atomic E-state index is 12.7. The molecule has 11 heteroatoms. The molecular weight excluding hydrogens is 422 g/mol. The van der Waals surface area contributed by atoms with Gasteiger partial charge in [0, 0.05) is 17.1 Å². The zero-order chi connectivity index (χ0) is 23.0. The Morgan fingerprint density at radius 2 is 1.81 bits per heavy atom. The van der Waals surface area contributed by atoms with Gasteiger partial charge in [-0.15, -0.1) is 0 Å². The number of nitrogens with one attached hydrogen (secondary N) is 3. The number of aromatic amines is 1. The van der Waals surface area contributed by atoms with Gasteiger partial charge >= 0.3 is 5.97 Å². The van der Waals surface area contributed by atoms with Gasteiger partial charge in [-0.25, -0.2) is 4.79 Å². The predicted molar refractivity (Wildman–Crippen MR) is 118 cm³/mol. The molecule has 0 radical (unpaired) electrons. The summed E-state index contributed by atoms with van der Waals surface area (Å²) in [7, 11) is 0. The zero-order valence-corrected chi connectivity index (χ0v) is 17.9. The highest BCUT2D eigenvalue weighted by molar-refractivity contribution is 7.98. The maximum Gasteiger partial charge on any atom is 0.326 e. The van der Waals surface area contributed by atoms with Gasteiger partial charge in [-0.2, -0.15) is 11.8 Å². The lowest BCUT2D eigenvalue weighted by Gasteiger charge is -2.22. The van der Waals surface area contributed by atoms with E-state index in [1.54, 1.807) is 6.20 Å². The minimum Gasteiger partial charge on any atom is -0.480 e. The molecule has 0 bridgehead atoms. The number of nitrogens with two attached hydrogens (primary N) is 2. The number of rotatable bonds is 12. The Labute approximate surface area is 183 Å². The Hall–Kier alpha value is -3.05. The number of carboxylic acid groups (broad SMARTS) is 1. The number of primary amides is 1. The number of fused-ring (bicyclic) bond motifs is 1. The van der Waals surface area contributed by atoms with Gasteiger partial charge in [0.15, 0.2) is 0 Å². The van der Waals surface area contributed by atoms with E-state index in [1.165, 1.54) is 11.8 Å². The van der Waals surface area contributed by atoms with E-state index in [0.717, 1.165) is 16.5 Å². The van der Waals surface area contributed by atoms with E-state index in [2.05, 4.69) is 15.6 Å². The van der Waals surface area contributed by atoms with Crippen molar-refractivity contribution < 1.29 is 24.3 Å². The number of aliphatic carboxylic acids is 1. The SMILES string of the molecule is CSCCC(NC(=O)C(N)Cc1c[nH]c2ccccc12)C(=O)NC(CC(N)=O)C(=O)O. The number of hydrogen-bond donors (Lipinski definition) is 6. The molecule has 31 heavy (non-hydrogen) atoms. The number of hydrogen-bond acceptors (Lipinski definition) is 6. The van der Waals surface area contributed by atoms with Gasteiger partial charge in [0.2, 0.25) is 17.7 Å². The van der Waals surface area contributed by atoms with Crippen LogP contribution in [0.2, 0.25) is 0 Å². The molecule has 1 aromatic carbocycles. The van der Waals surface area contributed by atoms with Crippen LogP contribution in [-0.2, 0) is 25.6 Å². The summed E-state index contributed by atoms with van der Waals surface area (Å²) >= 11 is 1.47. The topological polar surface area (TPSA) is 180 Å². The van der Waals surface area contributed by atoms with Crippen molar-refractivity contribution in [3.63, 3.8) is 0 Å². The van der Waals surface area contributed by atoms with Crippen LogP contribution in [0.4, 0.5) is 0 Å². The summed E-state index contributed by atoms with van der Waals surface area (Å²) in [6.07, 6.45) is 3.60. The molecule has 10 nitrogen and oxygen atoms in total. The molecule has 2 rings (SSSR count). The summed E-state index contributed by atoms with van der Waals surface area (Å²) in [5.74, 6) is -2.95. The van der Waals surface area contributed by atoms with Gasteiger partial charge in [-0.1, -0.05) is 18.2 Å². The van der Waals surface area contributed by atoms with Crippen molar-refractivity contribution in [1.82, 2.24) is 15.6 Å². The van der Waals surface area contributed by atoms with E-state index < -0.39 is 48.2 Å². The Bertz CT molecular complexity index is 947. The first-order chi connectivity index (χ1) is 14.7. The van der Waals surface area contributed by atoms with Crippen LogP contribution in [0.1, 0.15) is 18.4 Å². The fourth-order valence-corrected chi connectivity index (χ4v) is 3.56. The number of aromatic nitrogens is 1. The largest absolute Gasteiger partial charge is 0.480 e. The summed E-state index contributed by atoms with van der Waals surface area (Å²) in [6.45, 7) is 0. The molecule has 0 saturated carbocycles. The monoisotopic (exact) mass is 449 g/mol. The average Bonchev–Trinajstić information content (AvgIpc) is 3.12. The van der Waals surface area contributed by atoms with Gasteiger partial charge in [0.25, 0.3) is 0 Å². The molecule has 3 atom stereocenters. The molecule has 168 valence electrons. The van der Waals surface area contributed by atoms with Crippen LogP contribution in [0.5, 0.6) is 0 Å². The van der Waals surface area contributed by atoms with Crippen molar-refractivity contribution in [2.75, 3.05) is 12.0 Å². The van der Waals surface area contributed by atoms with E-state index in [4.69, 9.17) is 11.5 Å². The average molecular weight is 450 g/mol. The van der Waals surface area contributed by atoms with Crippen LogP contribution in [0.15, 0.2) is 30.5 Å². The minimum atomic E-state index is -1.47. The molecular formula is C20H27N5O5S. The first kappa shape index (κ1) is 24.2. The maximum absolute atomic E-state index is 12.7. The van der Waals surface area contributed by atoms with E-state index in [1.807, 2.05) is 30.5 Å². The number of carbonyl (C=O) groups is 4. The third-order valence-corrected chi connectivity index (χ3v) is 5.36. The molecule has 1 aromatic heterocycles. The lowest BCUT2D eigenvalue weighted by molar-refractivity contribution is -0.143. The normalized spacial score (nSPS) is 13.9. The Morgan fingerprint density at radius 3 is 2.45 bits per heavy atom. The second kappa shape index (κ2) is 11.4. The fourth-order valence-electron chi connectivity index (χ4n) is 3.09. The molecule has 8 N–H and O–H groups in total. The number of para-hydroxylation sites is 1. The molecule has 3 amide bonds. The summed E-state index contributed by atoms with van der Waals surface area (Å²) in [5, 5.41) is 15.0. The summed E-state index contributed by atoms with van der Waals surface area (Å²) in [6, 6.07) is 4.24. The fraction of sp³-hybridized carbons (Fsp3) is 0.400. The summed E-state index contributed by atoms with van der Waals surface area (Å²) in [4.78, 5) is 50.7. The van der Waals surface area contributed by atoms with Crippen molar-refractivity contribution in [1.29, 1.82) is 0 Å².